The van der Waals surface area contributed by atoms with E-state index >= 15 is 0 Å². The van der Waals surface area contributed by atoms with Gasteiger partial charge in [-0.05, 0) is 20.9 Å². The second-order valence-electron chi connectivity index (χ2n) is 5.78. The molecular weight excluding hydrogens is 270 g/mol. The largest absolute Gasteiger partial charge is 0.379 e. The second-order valence-corrected chi connectivity index (χ2v) is 5.78. The minimum atomic E-state index is 0.0942. The number of likely N-dealkylation sites (N-methyl/N-ethyl adjacent to an activating group) is 1. The van der Waals surface area contributed by atoms with Crippen molar-refractivity contribution in [3.63, 3.8) is 0 Å². The highest BCUT2D eigenvalue weighted by Gasteiger charge is 2.06. The van der Waals surface area contributed by atoms with Gasteiger partial charge in [0, 0.05) is 24.9 Å². The Morgan fingerprint density at radius 2 is 1.33 bits per heavy atom. The number of ether oxygens (including phenoxy) is 3. The van der Waals surface area contributed by atoms with E-state index in [9.17, 15) is 4.79 Å². The lowest BCUT2D eigenvalue weighted by Gasteiger charge is -2.20. The van der Waals surface area contributed by atoms with Gasteiger partial charge in [-0.2, -0.15) is 0 Å². The first-order valence-electron chi connectivity index (χ1n) is 7.91. The van der Waals surface area contributed by atoms with Crippen LogP contribution < -0.4 is 0 Å². The van der Waals surface area contributed by atoms with Crippen molar-refractivity contribution in [3.8, 4) is 0 Å². The molecule has 21 heavy (non-hydrogen) atoms. The van der Waals surface area contributed by atoms with E-state index in [-0.39, 0.29) is 11.7 Å². The zero-order valence-electron chi connectivity index (χ0n) is 14.4. The van der Waals surface area contributed by atoms with Gasteiger partial charge in [0.25, 0.3) is 0 Å². The summed E-state index contributed by atoms with van der Waals surface area (Å²) in [6.45, 7) is 12.6. The van der Waals surface area contributed by atoms with Crippen LogP contribution in [0, 0.1) is 5.92 Å². The molecule has 5 heteroatoms. The molecule has 0 heterocycles. The molecule has 0 spiro atoms. The molecule has 5 nitrogen and oxygen atoms in total. The van der Waals surface area contributed by atoms with Crippen LogP contribution >= 0.6 is 0 Å². The fourth-order valence-electron chi connectivity index (χ4n) is 1.47. The minimum Gasteiger partial charge on any atom is -0.379 e. The molecule has 0 atom stereocenters. The normalized spacial score (nSPS) is 11.8. The number of carbonyl (C=O) groups excluding carboxylic acids is 1. The lowest BCUT2D eigenvalue weighted by Crippen LogP contribution is -2.30. The van der Waals surface area contributed by atoms with E-state index in [1.807, 2.05) is 13.8 Å². The van der Waals surface area contributed by atoms with E-state index in [0.29, 0.717) is 45.5 Å². The highest BCUT2D eigenvalue weighted by molar-refractivity contribution is 5.80. The number of rotatable bonds is 14. The molecule has 0 saturated heterocycles. The smallest absolute Gasteiger partial charge is 0.137 e. The van der Waals surface area contributed by atoms with Gasteiger partial charge in [-0.3, -0.25) is 4.79 Å². The Bertz CT molecular complexity index is 257. The zero-order chi connectivity index (χ0) is 16.1. The van der Waals surface area contributed by atoms with E-state index < -0.39 is 0 Å². The molecule has 0 saturated carbocycles. The predicted octanol–water partition coefficient (Wildman–Crippen LogP) is 1.99. The van der Waals surface area contributed by atoms with Crippen LogP contribution in [0.4, 0.5) is 0 Å². The predicted molar refractivity (Wildman–Crippen MR) is 84.7 cm³/mol. The molecule has 0 radical (unpaired) electrons. The van der Waals surface area contributed by atoms with Crippen molar-refractivity contribution in [2.45, 2.75) is 40.2 Å². The summed E-state index contributed by atoms with van der Waals surface area (Å²) in [6, 6.07) is 0.546. The number of ketones is 1. The monoisotopic (exact) mass is 303 g/mol. The van der Waals surface area contributed by atoms with Gasteiger partial charge in [0.15, 0.2) is 0 Å². The molecule has 0 aliphatic heterocycles. The fraction of sp³-hybridized carbons (Fsp3) is 0.938. The van der Waals surface area contributed by atoms with E-state index in [1.165, 1.54) is 0 Å². The van der Waals surface area contributed by atoms with Crippen LogP contribution in [0.25, 0.3) is 0 Å². The van der Waals surface area contributed by atoms with E-state index in [1.54, 1.807) is 0 Å². The van der Waals surface area contributed by atoms with Crippen LogP contribution in [-0.2, 0) is 19.0 Å². The van der Waals surface area contributed by atoms with Gasteiger partial charge in [-0.25, -0.2) is 0 Å². The van der Waals surface area contributed by atoms with E-state index in [2.05, 4.69) is 25.8 Å². The Kier molecular flexibility index (Phi) is 12.9. The SMILES string of the molecule is CC(C)C(=O)CCOCCOCCOCCN(C)C(C)C. The summed E-state index contributed by atoms with van der Waals surface area (Å²) in [4.78, 5) is 13.6. The van der Waals surface area contributed by atoms with Crippen molar-refractivity contribution in [3.05, 3.63) is 0 Å². The molecule has 0 aromatic rings. The number of carbonyl (C=O) groups is 1. The third-order valence-electron chi connectivity index (χ3n) is 3.35. The molecule has 0 aromatic heterocycles. The van der Waals surface area contributed by atoms with Crippen LogP contribution in [0.3, 0.4) is 0 Å². The van der Waals surface area contributed by atoms with Crippen molar-refractivity contribution < 1.29 is 19.0 Å². The molecule has 0 aromatic carbocycles. The Hall–Kier alpha value is -0.490. The summed E-state index contributed by atoms with van der Waals surface area (Å²) in [5, 5.41) is 0. The maximum Gasteiger partial charge on any atom is 0.137 e. The van der Waals surface area contributed by atoms with E-state index in [4.69, 9.17) is 14.2 Å². The minimum absolute atomic E-state index is 0.0942. The molecule has 0 aliphatic carbocycles. The first kappa shape index (κ1) is 20.5. The average molecular weight is 303 g/mol. The number of hydrogen-bond acceptors (Lipinski definition) is 5. The zero-order valence-corrected chi connectivity index (χ0v) is 14.4. The lowest BCUT2D eigenvalue weighted by molar-refractivity contribution is -0.123. The summed E-state index contributed by atoms with van der Waals surface area (Å²) in [6.07, 6.45) is 0.490. The molecular formula is C16H33NO4. The first-order valence-corrected chi connectivity index (χ1v) is 7.91. The summed E-state index contributed by atoms with van der Waals surface area (Å²) in [7, 11) is 2.09. The Morgan fingerprint density at radius 3 is 1.81 bits per heavy atom. The molecule has 0 unspecified atom stereocenters. The van der Waals surface area contributed by atoms with Crippen LogP contribution in [0.2, 0.25) is 0 Å². The molecule has 0 N–H and O–H groups in total. The van der Waals surface area contributed by atoms with Gasteiger partial charge in [0.1, 0.15) is 5.78 Å². The Labute approximate surface area is 129 Å². The number of hydrogen-bond donors (Lipinski definition) is 0. The third-order valence-corrected chi connectivity index (χ3v) is 3.35. The van der Waals surface area contributed by atoms with Crippen molar-refractivity contribution in [2.24, 2.45) is 5.92 Å². The van der Waals surface area contributed by atoms with Gasteiger partial charge in [-0.15, -0.1) is 0 Å². The van der Waals surface area contributed by atoms with E-state index in [0.717, 1.165) is 13.2 Å². The van der Waals surface area contributed by atoms with Crippen LogP contribution in [0.1, 0.15) is 34.1 Å². The first-order chi connectivity index (χ1) is 9.95. The highest BCUT2D eigenvalue weighted by Crippen LogP contribution is 1.98. The van der Waals surface area contributed by atoms with Crippen LogP contribution in [0.15, 0.2) is 0 Å². The third kappa shape index (κ3) is 12.9. The van der Waals surface area contributed by atoms with Crippen LogP contribution in [-0.4, -0.2) is 70.0 Å². The maximum absolute atomic E-state index is 11.3. The summed E-state index contributed by atoms with van der Waals surface area (Å²) >= 11 is 0. The van der Waals surface area contributed by atoms with Gasteiger partial charge in [0.05, 0.1) is 39.6 Å². The second kappa shape index (κ2) is 13.2. The van der Waals surface area contributed by atoms with Gasteiger partial charge >= 0.3 is 0 Å². The van der Waals surface area contributed by atoms with Crippen LogP contribution in [0.5, 0.6) is 0 Å². The van der Waals surface area contributed by atoms with Crippen molar-refractivity contribution >= 4 is 5.78 Å². The van der Waals surface area contributed by atoms with Gasteiger partial charge < -0.3 is 19.1 Å². The molecule has 0 bridgehead atoms. The van der Waals surface area contributed by atoms with Crippen molar-refractivity contribution in [2.75, 3.05) is 53.2 Å². The average Bonchev–Trinajstić information content (AvgIpc) is 2.43. The summed E-state index contributed by atoms with van der Waals surface area (Å²) in [5.41, 5.74) is 0. The molecule has 0 aliphatic rings. The standard InChI is InChI=1S/C16H33NO4/c1-14(2)16(18)6-8-19-10-12-21-13-11-20-9-7-17(5)15(3)4/h14-15H,6-13H2,1-5H3. The lowest BCUT2D eigenvalue weighted by atomic mass is 10.1. The fourth-order valence-corrected chi connectivity index (χ4v) is 1.47. The quantitative estimate of drug-likeness (QED) is 0.459. The summed E-state index contributed by atoms with van der Waals surface area (Å²) in [5.74, 6) is 0.340. The summed E-state index contributed by atoms with van der Waals surface area (Å²) < 4.78 is 16.2. The molecule has 0 amide bonds. The van der Waals surface area contributed by atoms with Crippen molar-refractivity contribution in [1.82, 2.24) is 4.90 Å². The highest BCUT2D eigenvalue weighted by atomic mass is 16.5. The molecule has 126 valence electrons. The van der Waals surface area contributed by atoms with Gasteiger partial charge in [-0.1, -0.05) is 13.8 Å². The van der Waals surface area contributed by atoms with Crippen molar-refractivity contribution in [1.29, 1.82) is 0 Å². The maximum atomic E-state index is 11.3. The number of nitrogens with zero attached hydrogens (tertiary/aromatic N) is 1. The molecule has 0 fully saturated rings. The van der Waals surface area contributed by atoms with Gasteiger partial charge in [0.2, 0.25) is 0 Å². The number of Topliss-reactive ketones (excluding diaryl/α,β-unsaturated/α-hetero) is 1. The topological polar surface area (TPSA) is 48.0 Å². The Balaban J connectivity index is 3.18. The Morgan fingerprint density at radius 1 is 0.857 bits per heavy atom. The molecule has 0 rings (SSSR count).